The Morgan fingerprint density at radius 1 is 1.13 bits per heavy atom. The van der Waals surface area contributed by atoms with E-state index in [1.165, 1.54) is 0 Å². The van der Waals surface area contributed by atoms with Crippen molar-refractivity contribution in [2.24, 2.45) is 0 Å². The smallest absolute Gasteiger partial charge is 0.219 e. The van der Waals surface area contributed by atoms with Crippen LogP contribution in [0.4, 0.5) is 0 Å². The minimum absolute atomic E-state index is 0.203. The first-order valence-corrected chi connectivity index (χ1v) is 6.60. The highest BCUT2D eigenvalue weighted by molar-refractivity contribution is 7.97. The second-order valence-electron chi connectivity index (χ2n) is 3.59. The third-order valence-electron chi connectivity index (χ3n) is 2.04. The number of piperazine rings is 1. The van der Waals surface area contributed by atoms with E-state index < -0.39 is 0 Å². The summed E-state index contributed by atoms with van der Waals surface area (Å²) in [7, 11) is 0. The largest absolute Gasteiger partial charge is 0.340 e. The van der Waals surface area contributed by atoms with Gasteiger partial charge in [-0.1, -0.05) is 39.6 Å². The summed E-state index contributed by atoms with van der Waals surface area (Å²) in [5.74, 6) is 0.203. The normalized spacial score (nSPS) is 17.3. The second-order valence-corrected chi connectivity index (χ2v) is 5.26. The summed E-state index contributed by atoms with van der Waals surface area (Å²) in [6.07, 6.45) is 0. The van der Waals surface area contributed by atoms with Crippen LogP contribution in [0.2, 0.25) is 0 Å². The van der Waals surface area contributed by atoms with Crippen molar-refractivity contribution in [3.8, 4) is 0 Å². The number of nitrogens with zero attached hydrogens (tertiary/aromatic N) is 2. The third-order valence-corrected chi connectivity index (χ3v) is 3.13. The van der Waals surface area contributed by atoms with E-state index in [-0.39, 0.29) is 5.91 Å². The van der Waals surface area contributed by atoms with Crippen LogP contribution in [-0.4, -0.2) is 46.5 Å². The van der Waals surface area contributed by atoms with Gasteiger partial charge in [0.05, 0.1) is 0 Å². The van der Waals surface area contributed by atoms with Crippen molar-refractivity contribution >= 4 is 17.9 Å². The fourth-order valence-corrected chi connectivity index (χ4v) is 2.38. The van der Waals surface area contributed by atoms with Gasteiger partial charge in [-0.15, -0.1) is 0 Å². The van der Waals surface area contributed by atoms with Gasteiger partial charge >= 0.3 is 0 Å². The van der Waals surface area contributed by atoms with Gasteiger partial charge in [0.15, 0.2) is 0 Å². The Labute approximate surface area is 98.3 Å². The molecule has 1 aliphatic heterocycles. The first kappa shape index (κ1) is 14.8. The lowest BCUT2D eigenvalue weighted by molar-refractivity contribution is -0.129. The molecule has 0 saturated carbocycles. The van der Waals surface area contributed by atoms with Crippen LogP contribution in [0.15, 0.2) is 0 Å². The fraction of sp³-hybridized carbons (Fsp3) is 0.909. The van der Waals surface area contributed by atoms with E-state index in [0.29, 0.717) is 5.25 Å². The monoisotopic (exact) mass is 232 g/mol. The number of carbonyl (C=O) groups excluding carboxylic acids is 1. The average Bonchev–Trinajstić information content (AvgIpc) is 2.20. The van der Waals surface area contributed by atoms with Crippen molar-refractivity contribution < 1.29 is 4.79 Å². The molecule has 0 radical (unpaired) electrons. The number of hydrogen-bond donors (Lipinski definition) is 0. The van der Waals surface area contributed by atoms with Gasteiger partial charge < -0.3 is 4.90 Å². The van der Waals surface area contributed by atoms with Gasteiger partial charge in [-0.3, -0.25) is 4.79 Å². The van der Waals surface area contributed by atoms with E-state index in [4.69, 9.17) is 0 Å². The Bertz CT molecular complexity index is 177. The maximum Gasteiger partial charge on any atom is 0.219 e. The molecule has 1 fully saturated rings. The summed E-state index contributed by atoms with van der Waals surface area (Å²) in [6.45, 7) is 13.8. The molecular weight excluding hydrogens is 208 g/mol. The average molecular weight is 232 g/mol. The van der Waals surface area contributed by atoms with Crippen LogP contribution in [0.5, 0.6) is 0 Å². The van der Waals surface area contributed by atoms with Gasteiger partial charge in [-0.2, -0.15) is 0 Å². The van der Waals surface area contributed by atoms with E-state index in [1.807, 2.05) is 30.7 Å². The zero-order valence-corrected chi connectivity index (χ0v) is 11.4. The van der Waals surface area contributed by atoms with E-state index in [0.717, 1.165) is 26.2 Å². The highest BCUT2D eigenvalue weighted by Crippen LogP contribution is 2.18. The summed E-state index contributed by atoms with van der Waals surface area (Å²) < 4.78 is 2.35. The summed E-state index contributed by atoms with van der Waals surface area (Å²) in [5, 5.41) is 0.642. The Balaban J connectivity index is 0.000000921. The minimum atomic E-state index is 0.203. The van der Waals surface area contributed by atoms with E-state index in [2.05, 4.69) is 18.2 Å². The SMILES string of the molecule is CC.CC(=O)N1CCN(SC(C)C)CC1. The van der Waals surface area contributed by atoms with E-state index >= 15 is 0 Å². The van der Waals surface area contributed by atoms with Crippen LogP contribution in [-0.2, 0) is 4.79 Å². The first-order chi connectivity index (χ1) is 7.09. The predicted molar refractivity (Wildman–Crippen MR) is 67.9 cm³/mol. The summed E-state index contributed by atoms with van der Waals surface area (Å²) in [5.41, 5.74) is 0. The molecule has 1 heterocycles. The molecule has 0 aliphatic carbocycles. The second kappa shape index (κ2) is 7.99. The third kappa shape index (κ3) is 6.05. The van der Waals surface area contributed by atoms with Gasteiger partial charge in [-0.05, 0) is 0 Å². The maximum atomic E-state index is 11.0. The van der Waals surface area contributed by atoms with Crippen LogP contribution in [0.25, 0.3) is 0 Å². The molecule has 3 nitrogen and oxygen atoms in total. The lowest BCUT2D eigenvalue weighted by Gasteiger charge is -2.34. The first-order valence-electron chi connectivity index (χ1n) is 5.77. The maximum absolute atomic E-state index is 11.0. The van der Waals surface area contributed by atoms with Crippen molar-refractivity contribution in [2.45, 2.75) is 39.9 Å². The topological polar surface area (TPSA) is 23.6 Å². The number of carbonyl (C=O) groups is 1. The highest BCUT2D eigenvalue weighted by Gasteiger charge is 2.19. The van der Waals surface area contributed by atoms with Gasteiger partial charge in [0.1, 0.15) is 0 Å². The van der Waals surface area contributed by atoms with Crippen LogP contribution in [0.3, 0.4) is 0 Å². The van der Waals surface area contributed by atoms with Gasteiger partial charge in [0.25, 0.3) is 0 Å². The Kier molecular flexibility index (Phi) is 7.88. The molecule has 0 aromatic carbocycles. The molecule has 0 N–H and O–H groups in total. The van der Waals surface area contributed by atoms with E-state index in [9.17, 15) is 4.79 Å². The number of hydrogen-bond acceptors (Lipinski definition) is 3. The molecule has 1 saturated heterocycles. The van der Waals surface area contributed by atoms with Crippen LogP contribution < -0.4 is 0 Å². The quantitative estimate of drug-likeness (QED) is 0.682. The zero-order chi connectivity index (χ0) is 11.8. The predicted octanol–water partition coefficient (Wildman–Crippen LogP) is 2.23. The molecule has 0 unspecified atom stereocenters. The summed E-state index contributed by atoms with van der Waals surface area (Å²) >= 11 is 1.88. The molecule has 0 aromatic rings. The molecule has 0 aromatic heterocycles. The van der Waals surface area contributed by atoms with Crippen molar-refractivity contribution in [1.29, 1.82) is 0 Å². The summed E-state index contributed by atoms with van der Waals surface area (Å²) in [6, 6.07) is 0. The number of amides is 1. The van der Waals surface area contributed by atoms with Crippen LogP contribution in [0, 0.1) is 0 Å². The molecule has 1 amide bonds. The molecule has 0 atom stereocenters. The fourth-order valence-electron chi connectivity index (χ4n) is 1.41. The van der Waals surface area contributed by atoms with Crippen molar-refractivity contribution in [3.05, 3.63) is 0 Å². The highest BCUT2D eigenvalue weighted by atomic mass is 32.2. The molecular formula is C11H24N2OS. The lowest BCUT2D eigenvalue weighted by atomic mass is 10.3. The zero-order valence-electron chi connectivity index (χ0n) is 10.6. The van der Waals surface area contributed by atoms with E-state index in [1.54, 1.807) is 6.92 Å². The van der Waals surface area contributed by atoms with Crippen LogP contribution >= 0.6 is 11.9 Å². The Morgan fingerprint density at radius 2 is 1.60 bits per heavy atom. The van der Waals surface area contributed by atoms with Gasteiger partial charge in [-0.25, -0.2) is 4.31 Å². The van der Waals surface area contributed by atoms with Gasteiger partial charge in [0, 0.05) is 38.4 Å². The molecule has 1 rings (SSSR count). The van der Waals surface area contributed by atoms with Crippen molar-refractivity contribution in [2.75, 3.05) is 26.2 Å². The molecule has 0 spiro atoms. The van der Waals surface area contributed by atoms with Crippen molar-refractivity contribution in [1.82, 2.24) is 9.21 Å². The lowest BCUT2D eigenvalue weighted by Crippen LogP contribution is -2.45. The molecule has 1 aliphatic rings. The van der Waals surface area contributed by atoms with Crippen molar-refractivity contribution in [3.63, 3.8) is 0 Å². The standard InChI is InChI=1S/C9H18N2OS.C2H6/c1-8(2)13-11-6-4-10(5-7-11)9(3)12;1-2/h8H,4-7H2,1-3H3;1-2H3. The Morgan fingerprint density at radius 3 is 1.93 bits per heavy atom. The molecule has 90 valence electrons. The number of rotatable bonds is 2. The van der Waals surface area contributed by atoms with Crippen LogP contribution in [0.1, 0.15) is 34.6 Å². The summed E-state index contributed by atoms with van der Waals surface area (Å²) in [4.78, 5) is 12.9. The van der Waals surface area contributed by atoms with Gasteiger partial charge in [0.2, 0.25) is 5.91 Å². The minimum Gasteiger partial charge on any atom is -0.340 e. The molecule has 0 bridgehead atoms. The molecule has 4 heteroatoms. The Hall–Kier alpha value is -0.220. The molecule has 15 heavy (non-hydrogen) atoms.